The van der Waals surface area contributed by atoms with Gasteiger partial charge in [-0.25, -0.2) is 13.2 Å². The normalized spacial score (nSPS) is 19.1. The lowest BCUT2D eigenvalue weighted by atomic mass is 10.2. The molecule has 28 heavy (non-hydrogen) atoms. The van der Waals surface area contributed by atoms with E-state index < -0.39 is 33.9 Å². The highest BCUT2D eigenvalue weighted by Crippen LogP contribution is 2.29. The minimum atomic E-state index is -3.10. The van der Waals surface area contributed by atoms with Crippen molar-refractivity contribution in [1.82, 2.24) is 5.32 Å². The molecule has 0 unspecified atom stereocenters. The summed E-state index contributed by atoms with van der Waals surface area (Å²) in [6.07, 6.45) is -0.692. The zero-order valence-electron chi connectivity index (χ0n) is 16.6. The Bertz CT molecular complexity index is 820. The molecule has 1 aliphatic heterocycles. The van der Waals surface area contributed by atoms with Gasteiger partial charge in [0.25, 0.3) is 5.91 Å². The van der Waals surface area contributed by atoms with Crippen LogP contribution >= 0.6 is 0 Å². The second-order valence-corrected chi connectivity index (χ2v) is 9.46. The minimum absolute atomic E-state index is 0.0527. The van der Waals surface area contributed by atoms with Crippen LogP contribution in [0.25, 0.3) is 0 Å². The molecule has 0 bridgehead atoms. The van der Waals surface area contributed by atoms with Gasteiger partial charge in [0.2, 0.25) is 0 Å². The molecule has 1 fully saturated rings. The highest BCUT2D eigenvalue weighted by Gasteiger charge is 2.30. The van der Waals surface area contributed by atoms with Crippen LogP contribution in [-0.2, 0) is 19.4 Å². The molecule has 9 heteroatoms. The standard InChI is InChI=1S/C19H27NO7S/c1-12(2)10-26-16-6-5-14(9-17(16)25-4)19(22)27-13(3)18(21)20-15-7-8-28(23,24)11-15/h5-6,9,12-13,15H,7-8,10-11H2,1-4H3,(H,20,21)/t13-,15+/m0/s1. The molecule has 1 N–H and O–H groups in total. The van der Waals surface area contributed by atoms with E-state index >= 15 is 0 Å². The number of benzene rings is 1. The Hall–Kier alpha value is -2.29. The van der Waals surface area contributed by atoms with Gasteiger partial charge in [0.1, 0.15) is 0 Å². The molecule has 1 aliphatic rings. The maximum Gasteiger partial charge on any atom is 0.339 e. The van der Waals surface area contributed by atoms with Crippen molar-refractivity contribution in [2.24, 2.45) is 5.92 Å². The van der Waals surface area contributed by atoms with E-state index in [9.17, 15) is 18.0 Å². The third-order valence-electron chi connectivity index (χ3n) is 4.20. The fraction of sp³-hybridized carbons (Fsp3) is 0.579. The molecule has 0 aliphatic carbocycles. The molecular formula is C19H27NO7S. The summed E-state index contributed by atoms with van der Waals surface area (Å²) in [5.74, 6) is -0.00592. The molecule has 0 saturated carbocycles. The second kappa shape index (κ2) is 9.27. The van der Waals surface area contributed by atoms with Gasteiger partial charge in [-0.2, -0.15) is 0 Å². The first-order chi connectivity index (χ1) is 13.1. The molecule has 2 rings (SSSR count). The number of carbonyl (C=O) groups is 2. The number of amides is 1. The van der Waals surface area contributed by atoms with Gasteiger partial charge in [0, 0.05) is 6.04 Å². The quantitative estimate of drug-likeness (QED) is 0.645. The van der Waals surface area contributed by atoms with Gasteiger partial charge in [0.15, 0.2) is 27.4 Å². The molecule has 1 heterocycles. The van der Waals surface area contributed by atoms with E-state index in [1.165, 1.54) is 26.2 Å². The number of hydrogen-bond acceptors (Lipinski definition) is 7. The fourth-order valence-corrected chi connectivity index (χ4v) is 4.35. The highest BCUT2D eigenvalue weighted by molar-refractivity contribution is 7.91. The molecular weight excluding hydrogens is 386 g/mol. The molecule has 1 aromatic rings. The van der Waals surface area contributed by atoms with Gasteiger partial charge in [-0.1, -0.05) is 13.8 Å². The summed E-state index contributed by atoms with van der Waals surface area (Å²) >= 11 is 0. The zero-order valence-corrected chi connectivity index (χ0v) is 17.4. The maximum atomic E-state index is 12.4. The Morgan fingerprint density at radius 2 is 1.93 bits per heavy atom. The SMILES string of the molecule is COc1cc(C(=O)O[C@@H](C)C(=O)N[C@@H]2CCS(=O)(=O)C2)ccc1OCC(C)C. The average Bonchev–Trinajstić information content (AvgIpc) is 2.97. The molecule has 2 atom stereocenters. The van der Waals surface area contributed by atoms with Crippen LogP contribution in [-0.4, -0.2) is 57.7 Å². The topological polar surface area (TPSA) is 108 Å². The summed E-state index contributed by atoms with van der Waals surface area (Å²) in [6, 6.07) is 4.20. The van der Waals surface area contributed by atoms with Gasteiger partial charge in [-0.05, 0) is 37.5 Å². The van der Waals surface area contributed by atoms with Crippen LogP contribution in [0, 0.1) is 5.92 Å². The molecule has 1 aromatic carbocycles. The molecule has 1 amide bonds. The molecule has 1 saturated heterocycles. The van der Waals surface area contributed by atoms with Crippen molar-refractivity contribution in [3.63, 3.8) is 0 Å². The summed E-state index contributed by atoms with van der Waals surface area (Å²) in [5, 5.41) is 2.61. The lowest BCUT2D eigenvalue weighted by Gasteiger charge is -2.17. The van der Waals surface area contributed by atoms with E-state index in [0.29, 0.717) is 30.4 Å². The largest absolute Gasteiger partial charge is 0.493 e. The number of esters is 1. The first kappa shape index (κ1) is 22.0. The Morgan fingerprint density at radius 1 is 1.21 bits per heavy atom. The first-order valence-corrected chi connectivity index (χ1v) is 11.0. The van der Waals surface area contributed by atoms with Crippen molar-refractivity contribution in [2.75, 3.05) is 25.2 Å². The predicted octanol–water partition coefficient (Wildman–Crippen LogP) is 1.58. The number of carbonyl (C=O) groups excluding carboxylic acids is 2. The third-order valence-corrected chi connectivity index (χ3v) is 5.97. The van der Waals surface area contributed by atoms with Crippen LogP contribution in [0.2, 0.25) is 0 Å². The smallest absolute Gasteiger partial charge is 0.339 e. The van der Waals surface area contributed by atoms with E-state index in [2.05, 4.69) is 5.32 Å². The average molecular weight is 413 g/mol. The lowest BCUT2D eigenvalue weighted by Crippen LogP contribution is -2.42. The third kappa shape index (κ3) is 6.12. The van der Waals surface area contributed by atoms with Crippen molar-refractivity contribution < 1.29 is 32.2 Å². The van der Waals surface area contributed by atoms with E-state index in [1.54, 1.807) is 6.07 Å². The number of ether oxygens (including phenoxy) is 3. The number of sulfone groups is 1. The van der Waals surface area contributed by atoms with Crippen LogP contribution in [0.4, 0.5) is 0 Å². The van der Waals surface area contributed by atoms with Crippen molar-refractivity contribution in [3.8, 4) is 11.5 Å². The first-order valence-electron chi connectivity index (χ1n) is 9.14. The van der Waals surface area contributed by atoms with Crippen LogP contribution in [0.1, 0.15) is 37.6 Å². The maximum absolute atomic E-state index is 12.4. The van der Waals surface area contributed by atoms with Crippen LogP contribution in [0.3, 0.4) is 0 Å². The molecule has 0 radical (unpaired) electrons. The Labute approximate surface area is 165 Å². The van der Waals surface area contributed by atoms with Gasteiger partial charge in [-0.15, -0.1) is 0 Å². The van der Waals surface area contributed by atoms with E-state index in [-0.39, 0.29) is 17.1 Å². The Balaban J connectivity index is 1.96. The Kier molecular flexibility index (Phi) is 7.29. The second-order valence-electron chi connectivity index (χ2n) is 7.23. The molecule has 156 valence electrons. The van der Waals surface area contributed by atoms with Crippen molar-refractivity contribution >= 4 is 21.7 Å². The van der Waals surface area contributed by atoms with Crippen LogP contribution in [0.15, 0.2) is 18.2 Å². The van der Waals surface area contributed by atoms with Crippen LogP contribution in [0.5, 0.6) is 11.5 Å². The lowest BCUT2D eigenvalue weighted by molar-refractivity contribution is -0.129. The van der Waals surface area contributed by atoms with Gasteiger partial charge >= 0.3 is 5.97 Å². The van der Waals surface area contributed by atoms with Crippen molar-refractivity contribution in [2.45, 2.75) is 39.3 Å². The zero-order chi connectivity index (χ0) is 20.9. The van der Waals surface area contributed by atoms with Crippen LogP contribution < -0.4 is 14.8 Å². The summed E-state index contributed by atoms with van der Waals surface area (Å²) < 4.78 is 39.0. The summed E-state index contributed by atoms with van der Waals surface area (Å²) in [5.41, 5.74) is 0.219. The van der Waals surface area contributed by atoms with E-state index in [4.69, 9.17) is 14.2 Å². The highest BCUT2D eigenvalue weighted by atomic mass is 32.2. The minimum Gasteiger partial charge on any atom is -0.493 e. The fourth-order valence-electron chi connectivity index (χ4n) is 2.68. The number of rotatable bonds is 8. The van der Waals surface area contributed by atoms with Gasteiger partial charge in [0.05, 0.1) is 30.8 Å². The molecule has 0 aromatic heterocycles. The monoisotopic (exact) mass is 413 g/mol. The summed E-state index contributed by atoms with van der Waals surface area (Å²) in [4.78, 5) is 24.5. The number of nitrogens with one attached hydrogen (secondary N) is 1. The molecule has 0 spiro atoms. The van der Waals surface area contributed by atoms with Crippen molar-refractivity contribution in [3.05, 3.63) is 23.8 Å². The number of methoxy groups -OCH3 is 1. The van der Waals surface area contributed by atoms with E-state index in [1.807, 2.05) is 13.8 Å². The van der Waals surface area contributed by atoms with E-state index in [0.717, 1.165) is 0 Å². The van der Waals surface area contributed by atoms with Crippen molar-refractivity contribution in [1.29, 1.82) is 0 Å². The summed E-state index contributed by atoms with van der Waals surface area (Å²) in [6.45, 7) is 5.99. The number of hydrogen-bond donors (Lipinski definition) is 1. The van der Waals surface area contributed by atoms with Gasteiger partial charge in [-0.3, -0.25) is 4.79 Å². The molecule has 8 nitrogen and oxygen atoms in total. The summed E-state index contributed by atoms with van der Waals surface area (Å²) in [7, 11) is -1.63. The van der Waals surface area contributed by atoms with Gasteiger partial charge < -0.3 is 19.5 Å². The Morgan fingerprint density at radius 3 is 2.50 bits per heavy atom. The predicted molar refractivity (Wildman–Crippen MR) is 103 cm³/mol.